The molecular weight excluding hydrogens is 304 g/mol. The van der Waals surface area contributed by atoms with Crippen LogP contribution in [0.2, 0.25) is 5.02 Å². The minimum Gasteiger partial charge on any atom is -0.383 e. The monoisotopic (exact) mass is 316 g/mol. The van der Waals surface area contributed by atoms with Crippen LogP contribution >= 0.6 is 22.9 Å². The first-order chi connectivity index (χ1) is 10.0. The van der Waals surface area contributed by atoms with Crippen molar-refractivity contribution in [3.63, 3.8) is 0 Å². The Morgan fingerprint density at radius 2 is 2.00 bits per heavy atom. The van der Waals surface area contributed by atoms with E-state index in [9.17, 15) is 0 Å². The molecule has 0 saturated heterocycles. The highest BCUT2D eigenvalue weighted by Crippen LogP contribution is 2.35. The summed E-state index contributed by atoms with van der Waals surface area (Å²) >= 11 is 7.62. The highest BCUT2D eigenvalue weighted by molar-refractivity contribution is 7.15. The van der Waals surface area contributed by atoms with Crippen molar-refractivity contribution in [1.82, 2.24) is 15.0 Å². The molecule has 0 saturated carbocycles. The smallest absolute Gasteiger partial charge is 0.137 e. The van der Waals surface area contributed by atoms with Gasteiger partial charge in [-0.3, -0.25) is 0 Å². The van der Waals surface area contributed by atoms with E-state index in [1.807, 2.05) is 38.1 Å². The van der Waals surface area contributed by atoms with Gasteiger partial charge in [0, 0.05) is 21.7 Å². The highest BCUT2D eigenvalue weighted by Gasteiger charge is 2.14. The van der Waals surface area contributed by atoms with Crippen molar-refractivity contribution < 1.29 is 0 Å². The molecule has 0 unspecified atom stereocenters. The number of hydrogen-bond acceptors (Lipinski definition) is 5. The van der Waals surface area contributed by atoms with Gasteiger partial charge in [-0.1, -0.05) is 23.7 Å². The summed E-state index contributed by atoms with van der Waals surface area (Å²) in [7, 11) is 0. The van der Waals surface area contributed by atoms with Gasteiger partial charge in [0.2, 0.25) is 0 Å². The lowest BCUT2D eigenvalue weighted by Crippen LogP contribution is -1.98. The number of benzene rings is 1. The van der Waals surface area contributed by atoms with Crippen molar-refractivity contribution in [2.45, 2.75) is 13.8 Å². The summed E-state index contributed by atoms with van der Waals surface area (Å²) in [6.45, 7) is 3.84. The van der Waals surface area contributed by atoms with Crippen LogP contribution in [-0.4, -0.2) is 15.0 Å². The summed E-state index contributed by atoms with van der Waals surface area (Å²) in [5, 5.41) is 1.51. The van der Waals surface area contributed by atoms with Gasteiger partial charge in [0.1, 0.15) is 16.6 Å². The molecule has 0 aliphatic carbocycles. The molecule has 0 aliphatic rings. The van der Waals surface area contributed by atoms with Crippen molar-refractivity contribution >= 4 is 28.8 Å². The third-order valence-electron chi connectivity index (χ3n) is 3.06. The number of thiazole rings is 1. The first-order valence-electron chi connectivity index (χ1n) is 6.37. The van der Waals surface area contributed by atoms with E-state index in [0.717, 1.165) is 26.7 Å². The zero-order valence-electron chi connectivity index (χ0n) is 11.6. The minimum atomic E-state index is 0.453. The molecule has 6 heteroatoms. The molecule has 2 aromatic heterocycles. The lowest BCUT2D eigenvalue weighted by Gasteiger charge is -2.01. The SMILES string of the molecule is Cc1ncc(-c2nc(-c3cccc(Cl)c3)c(C)s2)c(N)n1. The van der Waals surface area contributed by atoms with Crippen molar-refractivity contribution in [1.29, 1.82) is 0 Å². The number of aryl methyl sites for hydroxylation is 2. The van der Waals surface area contributed by atoms with Crippen LogP contribution < -0.4 is 5.73 Å². The summed E-state index contributed by atoms with van der Waals surface area (Å²) in [6.07, 6.45) is 1.72. The van der Waals surface area contributed by atoms with Crippen molar-refractivity contribution in [2.75, 3.05) is 5.73 Å². The van der Waals surface area contributed by atoms with Crippen molar-refractivity contribution in [2.24, 2.45) is 0 Å². The third kappa shape index (κ3) is 2.75. The second kappa shape index (κ2) is 5.42. The molecule has 2 N–H and O–H groups in total. The van der Waals surface area contributed by atoms with Crippen LogP contribution in [0.3, 0.4) is 0 Å². The van der Waals surface area contributed by atoms with E-state index in [2.05, 4.69) is 15.0 Å². The van der Waals surface area contributed by atoms with Crippen LogP contribution in [-0.2, 0) is 0 Å². The van der Waals surface area contributed by atoms with Crippen LogP contribution in [0, 0.1) is 13.8 Å². The number of nitrogen functional groups attached to an aromatic ring is 1. The number of nitrogens with zero attached hydrogens (tertiary/aromatic N) is 3. The van der Waals surface area contributed by atoms with E-state index in [1.165, 1.54) is 0 Å². The molecule has 106 valence electrons. The van der Waals surface area contributed by atoms with Gasteiger partial charge in [0.15, 0.2) is 0 Å². The summed E-state index contributed by atoms with van der Waals surface area (Å²) in [5.41, 5.74) is 8.64. The Labute approximate surface area is 131 Å². The quantitative estimate of drug-likeness (QED) is 0.772. The van der Waals surface area contributed by atoms with Crippen LogP contribution in [0.4, 0.5) is 5.82 Å². The molecule has 0 amide bonds. The average molecular weight is 317 g/mol. The largest absolute Gasteiger partial charge is 0.383 e. The van der Waals surface area contributed by atoms with Gasteiger partial charge in [-0.25, -0.2) is 15.0 Å². The minimum absolute atomic E-state index is 0.453. The molecule has 2 heterocycles. The van der Waals surface area contributed by atoms with E-state index >= 15 is 0 Å². The molecule has 3 aromatic rings. The fourth-order valence-corrected chi connectivity index (χ4v) is 3.21. The van der Waals surface area contributed by atoms with E-state index in [-0.39, 0.29) is 0 Å². The van der Waals surface area contributed by atoms with E-state index in [4.69, 9.17) is 17.3 Å². The van der Waals surface area contributed by atoms with Crippen molar-refractivity contribution in [3.05, 3.63) is 46.2 Å². The topological polar surface area (TPSA) is 64.7 Å². The van der Waals surface area contributed by atoms with Gasteiger partial charge in [0.05, 0.1) is 11.3 Å². The number of halogens is 1. The van der Waals surface area contributed by atoms with E-state index in [0.29, 0.717) is 16.7 Å². The van der Waals surface area contributed by atoms with Crippen molar-refractivity contribution in [3.8, 4) is 21.8 Å². The third-order valence-corrected chi connectivity index (χ3v) is 4.30. The molecular formula is C15H13ClN4S. The second-order valence-electron chi connectivity index (χ2n) is 4.65. The maximum atomic E-state index is 6.05. The summed E-state index contributed by atoms with van der Waals surface area (Å²) in [4.78, 5) is 14.2. The lowest BCUT2D eigenvalue weighted by atomic mass is 10.1. The number of nitrogens with two attached hydrogens (primary N) is 1. The van der Waals surface area contributed by atoms with E-state index < -0.39 is 0 Å². The maximum absolute atomic E-state index is 6.05. The number of rotatable bonds is 2. The first kappa shape index (κ1) is 14.0. The second-order valence-corrected chi connectivity index (χ2v) is 6.29. The van der Waals surface area contributed by atoms with Crippen LogP contribution in [0.15, 0.2) is 30.5 Å². The fourth-order valence-electron chi connectivity index (χ4n) is 2.07. The fraction of sp³-hybridized carbons (Fsp3) is 0.133. The lowest BCUT2D eigenvalue weighted by molar-refractivity contribution is 1.06. The van der Waals surface area contributed by atoms with Gasteiger partial charge in [-0.15, -0.1) is 11.3 Å². The zero-order valence-corrected chi connectivity index (χ0v) is 13.2. The molecule has 0 fully saturated rings. The molecule has 0 aliphatic heterocycles. The number of hydrogen-bond donors (Lipinski definition) is 1. The Bertz CT molecular complexity index is 813. The summed E-state index contributed by atoms with van der Waals surface area (Å²) in [5.74, 6) is 1.11. The maximum Gasteiger partial charge on any atom is 0.137 e. The number of anilines is 1. The standard InChI is InChI=1S/C15H13ClN4S/c1-8-13(10-4-3-5-11(16)6-10)20-15(21-8)12-7-18-9(2)19-14(12)17/h3-7H,1-2H3,(H2,17,18,19). The van der Waals surface area contributed by atoms with E-state index in [1.54, 1.807) is 17.5 Å². The average Bonchev–Trinajstić information content (AvgIpc) is 2.80. The molecule has 0 bridgehead atoms. The van der Waals surface area contributed by atoms with Crippen LogP contribution in [0.25, 0.3) is 21.8 Å². The van der Waals surface area contributed by atoms with Gasteiger partial charge in [0.25, 0.3) is 0 Å². The Balaban J connectivity index is 2.09. The molecule has 21 heavy (non-hydrogen) atoms. The zero-order chi connectivity index (χ0) is 15.0. The molecule has 1 aromatic carbocycles. The van der Waals surface area contributed by atoms with Gasteiger partial charge in [-0.05, 0) is 26.0 Å². The summed E-state index contributed by atoms with van der Waals surface area (Å²) in [6, 6.07) is 7.66. The Hall–Kier alpha value is -1.98. The van der Waals surface area contributed by atoms with Gasteiger partial charge in [-0.2, -0.15) is 0 Å². The van der Waals surface area contributed by atoms with Gasteiger partial charge < -0.3 is 5.73 Å². The molecule has 0 radical (unpaired) electrons. The first-order valence-corrected chi connectivity index (χ1v) is 7.57. The van der Waals surface area contributed by atoms with Crippen LogP contribution in [0.1, 0.15) is 10.7 Å². The molecule has 0 atom stereocenters. The van der Waals surface area contributed by atoms with Crippen LogP contribution in [0.5, 0.6) is 0 Å². The Kier molecular flexibility index (Phi) is 3.61. The van der Waals surface area contributed by atoms with Gasteiger partial charge >= 0.3 is 0 Å². The summed E-state index contributed by atoms with van der Waals surface area (Å²) < 4.78 is 0. The highest BCUT2D eigenvalue weighted by atomic mass is 35.5. The molecule has 4 nitrogen and oxygen atoms in total. The number of aromatic nitrogens is 3. The predicted molar refractivity (Wildman–Crippen MR) is 87.5 cm³/mol. The Morgan fingerprint density at radius 1 is 1.19 bits per heavy atom. The predicted octanol–water partition coefficient (Wildman–Crippen LogP) is 4.12. The normalized spacial score (nSPS) is 10.8. The molecule has 3 rings (SSSR count). The Morgan fingerprint density at radius 3 is 2.71 bits per heavy atom. The molecule has 0 spiro atoms.